The first-order chi connectivity index (χ1) is 4.74. The minimum Gasteiger partial charge on any atom is -0.0847 e. The zero-order chi connectivity index (χ0) is 7.98. The molecule has 0 bridgehead atoms. The summed E-state index contributed by atoms with van der Waals surface area (Å²) in [6.07, 6.45) is 6.15. The fourth-order valence-corrected chi connectivity index (χ4v) is 0.887. The van der Waals surface area contributed by atoms with E-state index in [1.165, 1.54) is 5.57 Å². The van der Waals surface area contributed by atoms with E-state index in [4.69, 9.17) is 11.6 Å². The fraction of sp³-hybridized carbons (Fsp3) is 0.556. The molecule has 0 aliphatic rings. The summed E-state index contributed by atoms with van der Waals surface area (Å²) >= 11 is 5.80. The van der Waals surface area contributed by atoms with Gasteiger partial charge >= 0.3 is 0 Å². The topological polar surface area (TPSA) is 0 Å². The fourth-order valence-electron chi connectivity index (χ4n) is 0.732. The highest BCUT2D eigenvalue weighted by atomic mass is 35.5. The largest absolute Gasteiger partial charge is 0.0847 e. The SMILES string of the molecule is C/C=C(/Cl)C=C(CC)CC. The van der Waals surface area contributed by atoms with Crippen LogP contribution in [0.1, 0.15) is 33.6 Å². The Morgan fingerprint density at radius 3 is 2.10 bits per heavy atom. The molecular weight excluding hydrogens is 144 g/mol. The van der Waals surface area contributed by atoms with E-state index in [1.807, 2.05) is 19.1 Å². The van der Waals surface area contributed by atoms with Crippen LogP contribution in [-0.4, -0.2) is 0 Å². The second-order valence-electron chi connectivity index (χ2n) is 2.18. The maximum absolute atomic E-state index is 5.80. The van der Waals surface area contributed by atoms with Crippen LogP contribution in [-0.2, 0) is 0 Å². The Morgan fingerprint density at radius 2 is 1.80 bits per heavy atom. The number of rotatable bonds is 3. The molecule has 0 atom stereocenters. The van der Waals surface area contributed by atoms with E-state index in [9.17, 15) is 0 Å². The highest BCUT2D eigenvalue weighted by Gasteiger charge is 1.89. The standard InChI is InChI=1S/C9H15Cl/c1-4-8(5-2)7-9(10)6-3/h6-7H,4-5H2,1-3H3/b9-6+. The molecule has 0 aliphatic heterocycles. The second-order valence-corrected chi connectivity index (χ2v) is 2.62. The molecule has 0 N–H and O–H groups in total. The van der Waals surface area contributed by atoms with Gasteiger partial charge in [0.25, 0.3) is 0 Å². The monoisotopic (exact) mass is 158 g/mol. The third-order valence-electron chi connectivity index (χ3n) is 1.53. The van der Waals surface area contributed by atoms with Crippen molar-refractivity contribution in [2.24, 2.45) is 0 Å². The maximum Gasteiger partial charge on any atom is 0.0362 e. The van der Waals surface area contributed by atoms with Crippen LogP contribution in [0.2, 0.25) is 0 Å². The molecular formula is C9H15Cl. The number of hydrogen-bond acceptors (Lipinski definition) is 0. The Hall–Kier alpha value is -0.230. The molecule has 0 aliphatic carbocycles. The average Bonchev–Trinajstić information content (AvgIpc) is 1.99. The average molecular weight is 159 g/mol. The van der Waals surface area contributed by atoms with Crippen LogP contribution in [0.25, 0.3) is 0 Å². The molecule has 0 aromatic carbocycles. The van der Waals surface area contributed by atoms with Gasteiger partial charge in [-0.2, -0.15) is 0 Å². The van der Waals surface area contributed by atoms with Crippen LogP contribution >= 0.6 is 11.6 Å². The van der Waals surface area contributed by atoms with Gasteiger partial charge < -0.3 is 0 Å². The van der Waals surface area contributed by atoms with Crippen molar-refractivity contribution >= 4 is 11.6 Å². The van der Waals surface area contributed by atoms with Gasteiger partial charge in [-0.25, -0.2) is 0 Å². The smallest absolute Gasteiger partial charge is 0.0362 e. The van der Waals surface area contributed by atoms with E-state index in [2.05, 4.69) is 13.8 Å². The number of hydrogen-bond donors (Lipinski definition) is 0. The van der Waals surface area contributed by atoms with Gasteiger partial charge in [-0.15, -0.1) is 0 Å². The van der Waals surface area contributed by atoms with E-state index >= 15 is 0 Å². The van der Waals surface area contributed by atoms with Crippen molar-refractivity contribution in [2.45, 2.75) is 33.6 Å². The van der Waals surface area contributed by atoms with Crippen LogP contribution in [0.3, 0.4) is 0 Å². The van der Waals surface area contributed by atoms with E-state index in [0.717, 1.165) is 17.9 Å². The zero-order valence-electron chi connectivity index (χ0n) is 6.95. The normalized spacial score (nSPS) is 11.4. The maximum atomic E-state index is 5.80. The molecule has 0 fully saturated rings. The molecule has 0 saturated carbocycles. The summed E-state index contributed by atoms with van der Waals surface area (Å²) in [5.74, 6) is 0. The lowest BCUT2D eigenvalue weighted by Crippen LogP contribution is -1.76. The molecule has 0 rings (SSSR count). The van der Waals surface area contributed by atoms with Crippen LogP contribution in [0.15, 0.2) is 22.8 Å². The van der Waals surface area contributed by atoms with E-state index in [0.29, 0.717) is 0 Å². The van der Waals surface area contributed by atoms with Crippen molar-refractivity contribution in [3.8, 4) is 0 Å². The van der Waals surface area contributed by atoms with Crippen molar-refractivity contribution in [3.05, 3.63) is 22.8 Å². The molecule has 0 nitrogen and oxygen atoms in total. The lowest BCUT2D eigenvalue weighted by Gasteiger charge is -1.97. The van der Waals surface area contributed by atoms with Gasteiger partial charge in [-0.1, -0.05) is 37.1 Å². The number of allylic oxidation sites excluding steroid dienone is 4. The summed E-state index contributed by atoms with van der Waals surface area (Å²) < 4.78 is 0. The minimum absolute atomic E-state index is 0.846. The molecule has 0 aromatic heterocycles. The third kappa shape index (κ3) is 3.73. The molecule has 0 unspecified atom stereocenters. The summed E-state index contributed by atoms with van der Waals surface area (Å²) in [5, 5.41) is 0.846. The van der Waals surface area contributed by atoms with Gasteiger partial charge in [-0.3, -0.25) is 0 Å². The second kappa shape index (κ2) is 5.55. The minimum atomic E-state index is 0.846. The van der Waals surface area contributed by atoms with Gasteiger partial charge in [0.2, 0.25) is 0 Å². The Morgan fingerprint density at radius 1 is 1.30 bits per heavy atom. The predicted octanol–water partition coefficient (Wildman–Crippen LogP) is 3.88. The molecule has 1 heteroatoms. The summed E-state index contributed by atoms with van der Waals surface area (Å²) in [4.78, 5) is 0. The van der Waals surface area contributed by atoms with Crippen LogP contribution in [0.4, 0.5) is 0 Å². The summed E-state index contributed by atoms with van der Waals surface area (Å²) in [6.45, 7) is 6.24. The highest BCUT2D eigenvalue weighted by Crippen LogP contribution is 2.12. The Kier molecular flexibility index (Phi) is 5.42. The summed E-state index contributed by atoms with van der Waals surface area (Å²) in [6, 6.07) is 0. The van der Waals surface area contributed by atoms with Crippen LogP contribution in [0, 0.1) is 0 Å². The molecule has 0 spiro atoms. The third-order valence-corrected chi connectivity index (χ3v) is 1.85. The van der Waals surface area contributed by atoms with Gasteiger partial charge in [0.15, 0.2) is 0 Å². The van der Waals surface area contributed by atoms with Crippen molar-refractivity contribution in [3.63, 3.8) is 0 Å². The van der Waals surface area contributed by atoms with E-state index in [1.54, 1.807) is 0 Å². The first-order valence-electron chi connectivity index (χ1n) is 3.75. The Bertz CT molecular complexity index is 137. The molecule has 0 aromatic rings. The lowest BCUT2D eigenvalue weighted by molar-refractivity contribution is 0.977. The van der Waals surface area contributed by atoms with Crippen LogP contribution in [0.5, 0.6) is 0 Å². The van der Waals surface area contributed by atoms with Gasteiger partial charge in [0.05, 0.1) is 0 Å². The predicted molar refractivity (Wildman–Crippen MR) is 48.3 cm³/mol. The highest BCUT2D eigenvalue weighted by molar-refractivity contribution is 6.31. The van der Waals surface area contributed by atoms with E-state index < -0.39 is 0 Å². The Balaban J connectivity index is 4.10. The van der Waals surface area contributed by atoms with Gasteiger partial charge in [0, 0.05) is 5.03 Å². The summed E-state index contributed by atoms with van der Waals surface area (Å²) in [7, 11) is 0. The van der Waals surface area contributed by atoms with Crippen molar-refractivity contribution < 1.29 is 0 Å². The van der Waals surface area contributed by atoms with Crippen molar-refractivity contribution in [2.75, 3.05) is 0 Å². The quantitative estimate of drug-likeness (QED) is 0.547. The van der Waals surface area contributed by atoms with Gasteiger partial charge in [0.1, 0.15) is 0 Å². The molecule has 0 heterocycles. The van der Waals surface area contributed by atoms with Crippen molar-refractivity contribution in [1.29, 1.82) is 0 Å². The van der Waals surface area contributed by atoms with Crippen molar-refractivity contribution in [1.82, 2.24) is 0 Å². The molecule has 0 saturated heterocycles. The first-order valence-corrected chi connectivity index (χ1v) is 4.13. The molecule has 10 heavy (non-hydrogen) atoms. The lowest BCUT2D eigenvalue weighted by atomic mass is 10.1. The first kappa shape index (κ1) is 9.77. The molecule has 0 amide bonds. The zero-order valence-corrected chi connectivity index (χ0v) is 7.70. The number of halogens is 1. The van der Waals surface area contributed by atoms with Gasteiger partial charge in [-0.05, 0) is 25.8 Å². The molecule has 0 radical (unpaired) electrons. The van der Waals surface area contributed by atoms with E-state index in [-0.39, 0.29) is 0 Å². The molecule has 58 valence electrons. The van der Waals surface area contributed by atoms with Crippen LogP contribution < -0.4 is 0 Å². The summed E-state index contributed by atoms with van der Waals surface area (Å²) in [5.41, 5.74) is 1.41. The Labute approximate surface area is 68.6 Å².